The fourth-order valence-corrected chi connectivity index (χ4v) is 2.44. The molecule has 0 aliphatic carbocycles. The highest BCUT2D eigenvalue weighted by atomic mass is 35.5. The summed E-state index contributed by atoms with van der Waals surface area (Å²) in [5.41, 5.74) is 2.62. The van der Waals surface area contributed by atoms with Crippen LogP contribution < -0.4 is 0 Å². The lowest BCUT2D eigenvalue weighted by Crippen LogP contribution is -2.00. The SMILES string of the molecule is COC(=O)c1ccc2nc(-c3cc(Cl)ccc3Cl)[nH]c2c1. The highest BCUT2D eigenvalue weighted by molar-refractivity contribution is 6.35. The molecule has 21 heavy (non-hydrogen) atoms. The molecule has 0 bridgehead atoms. The Labute approximate surface area is 130 Å². The summed E-state index contributed by atoms with van der Waals surface area (Å²) >= 11 is 12.2. The molecule has 1 aromatic heterocycles. The zero-order chi connectivity index (χ0) is 15.0. The maximum Gasteiger partial charge on any atom is 0.337 e. The molecule has 1 heterocycles. The van der Waals surface area contributed by atoms with Crippen LogP contribution in [0, 0.1) is 0 Å². The number of carbonyl (C=O) groups excluding carboxylic acids is 1. The predicted molar refractivity (Wildman–Crippen MR) is 82.9 cm³/mol. The molecule has 106 valence electrons. The Kier molecular flexibility index (Phi) is 3.57. The molecular formula is C15H10Cl2N2O2. The second kappa shape index (κ2) is 5.39. The van der Waals surface area contributed by atoms with Gasteiger partial charge in [0.15, 0.2) is 0 Å². The van der Waals surface area contributed by atoms with Crippen LogP contribution in [-0.4, -0.2) is 23.0 Å². The average molecular weight is 321 g/mol. The van der Waals surface area contributed by atoms with E-state index in [1.54, 1.807) is 36.4 Å². The first-order chi connectivity index (χ1) is 10.1. The van der Waals surface area contributed by atoms with Crippen LogP contribution in [0.15, 0.2) is 36.4 Å². The summed E-state index contributed by atoms with van der Waals surface area (Å²) in [6.07, 6.45) is 0. The summed E-state index contributed by atoms with van der Waals surface area (Å²) in [6, 6.07) is 10.3. The second-order valence-corrected chi connectivity index (χ2v) is 5.28. The van der Waals surface area contributed by atoms with Crippen molar-refractivity contribution >= 4 is 40.2 Å². The van der Waals surface area contributed by atoms with E-state index in [2.05, 4.69) is 9.97 Å². The van der Waals surface area contributed by atoms with E-state index in [-0.39, 0.29) is 0 Å². The van der Waals surface area contributed by atoms with Crippen LogP contribution in [0.4, 0.5) is 0 Å². The lowest BCUT2D eigenvalue weighted by Gasteiger charge is -2.00. The number of ether oxygens (including phenoxy) is 1. The van der Waals surface area contributed by atoms with Crippen molar-refractivity contribution in [2.45, 2.75) is 0 Å². The third-order valence-electron chi connectivity index (χ3n) is 3.09. The van der Waals surface area contributed by atoms with Crippen LogP contribution >= 0.6 is 23.2 Å². The molecule has 0 radical (unpaired) electrons. The molecule has 0 aliphatic heterocycles. The van der Waals surface area contributed by atoms with Gasteiger partial charge in [-0.25, -0.2) is 9.78 Å². The molecule has 0 aliphatic rings. The minimum absolute atomic E-state index is 0.395. The Balaban J connectivity index is 2.13. The van der Waals surface area contributed by atoms with E-state index in [0.717, 1.165) is 11.0 Å². The molecule has 0 fully saturated rings. The topological polar surface area (TPSA) is 55.0 Å². The van der Waals surface area contributed by atoms with E-state index in [0.29, 0.717) is 27.0 Å². The molecule has 0 atom stereocenters. The average Bonchev–Trinajstić information content (AvgIpc) is 2.91. The Hall–Kier alpha value is -2.04. The Morgan fingerprint density at radius 1 is 1.19 bits per heavy atom. The van der Waals surface area contributed by atoms with E-state index in [1.165, 1.54) is 7.11 Å². The van der Waals surface area contributed by atoms with Crippen LogP contribution in [0.3, 0.4) is 0 Å². The predicted octanol–water partition coefficient (Wildman–Crippen LogP) is 4.32. The van der Waals surface area contributed by atoms with Crippen molar-refractivity contribution in [2.75, 3.05) is 7.11 Å². The number of carbonyl (C=O) groups is 1. The van der Waals surface area contributed by atoms with Gasteiger partial charge in [-0.2, -0.15) is 0 Å². The Morgan fingerprint density at radius 2 is 2.00 bits per heavy atom. The van der Waals surface area contributed by atoms with Gasteiger partial charge in [-0.05, 0) is 36.4 Å². The van der Waals surface area contributed by atoms with Gasteiger partial charge in [0, 0.05) is 10.6 Å². The van der Waals surface area contributed by atoms with Gasteiger partial charge in [-0.1, -0.05) is 23.2 Å². The number of nitrogens with zero attached hydrogens (tertiary/aromatic N) is 1. The van der Waals surface area contributed by atoms with Crippen molar-refractivity contribution in [1.29, 1.82) is 0 Å². The third kappa shape index (κ3) is 2.60. The number of benzene rings is 2. The van der Waals surface area contributed by atoms with Crippen molar-refractivity contribution in [2.24, 2.45) is 0 Å². The van der Waals surface area contributed by atoms with E-state index in [1.807, 2.05) is 0 Å². The van der Waals surface area contributed by atoms with Gasteiger partial charge in [-0.3, -0.25) is 0 Å². The number of rotatable bonds is 2. The number of H-pyrrole nitrogens is 1. The standard InChI is InChI=1S/C15H10Cl2N2O2/c1-21-15(20)8-2-5-12-13(6-8)19-14(18-12)10-7-9(16)3-4-11(10)17/h2-7H,1H3,(H,18,19). The molecule has 1 N–H and O–H groups in total. The number of nitrogens with one attached hydrogen (secondary N) is 1. The lowest BCUT2D eigenvalue weighted by molar-refractivity contribution is 0.0601. The summed E-state index contributed by atoms with van der Waals surface area (Å²) in [7, 11) is 1.34. The largest absolute Gasteiger partial charge is 0.465 e. The number of aromatic nitrogens is 2. The fraction of sp³-hybridized carbons (Fsp3) is 0.0667. The van der Waals surface area contributed by atoms with Gasteiger partial charge in [0.05, 0.1) is 28.7 Å². The zero-order valence-corrected chi connectivity index (χ0v) is 12.5. The number of hydrogen-bond donors (Lipinski definition) is 1. The second-order valence-electron chi connectivity index (χ2n) is 4.43. The molecule has 0 saturated heterocycles. The van der Waals surface area contributed by atoms with Crippen LogP contribution in [0.2, 0.25) is 10.0 Å². The minimum atomic E-state index is -0.395. The first-order valence-electron chi connectivity index (χ1n) is 6.12. The molecule has 0 amide bonds. The highest BCUT2D eigenvalue weighted by Crippen LogP contribution is 2.30. The Morgan fingerprint density at radius 3 is 2.76 bits per heavy atom. The first-order valence-corrected chi connectivity index (χ1v) is 6.87. The van der Waals surface area contributed by atoms with Gasteiger partial charge in [-0.15, -0.1) is 0 Å². The van der Waals surface area contributed by atoms with Crippen molar-refractivity contribution in [3.63, 3.8) is 0 Å². The smallest absolute Gasteiger partial charge is 0.337 e. The molecule has 0 unspecified atom stereocenters. The lowest BCUT2D eigenvalue weighted by atomic mass is 10.2. The normalized spacial score (nSPS) is 10.8. The van der Waals surface area contributed by atoms with Crippen molar-refractivity contribution < 1.29 is 9.53 Å². The number of hydrogen-bond acceptors (Lipinski definition) is 3. The molecule has 4 nitrogen and oxygen atoms in total. The van der Waals surface area contributed by atoms with Crippen LogP contribution in [0.1, 0.15) is 10.4 Å². The van der Waals surface area contributed by atoms with Gasteiger partial charge < -0.3 is 9.72 Å². The van der Waals surface area contributed by atoms with E-state index < -0.39 is 5.97 Å². The first kappa shape index (κ1) is 13.9. The number of aromatic amines is 1. The number of fused-ring (bicyclic) bond motifs is 1. The molecule has 0 saturated carbocycles. The van der Waals surface area contributed by atoms with Gasteiger partial charge in [0.1, 0.15) is 5.82 Å². The van der Waals surface area contributed by atoms with Gasteiger partial charge >= 0.3 is 5.97 Å². The maximum atomic E-state index is 11.5. The molecule has 3 rings (SSSR count). The quantitative estimate of drug-likeness (QED) is 0.715. The van der Waals surface area contributed by atoms with Crippen molar-refractivity contribution in [3.05, 3.63) is 52.0 Å². The van der Waals surface area contributed by atoms with Gasteiger partial charge in [0.25, 0.3) is 0 Å². The van der Waals surface area contributed by atoms with Crippen LogP contribution in [0.25, 0.3) is 22.4 Å². The monoisotopic (exact) mass is 320 g/mol. The molecule has 6 heteroatoms. The highest BCUT2D eigenvalue weighted by Gasteiger charge is 2.12. The summed E-state index contributed by atoms with van der Waals surface area (Å²) in [5, 5.41) is 1.12. The maximum absolute atomic E-state index is 11.5. The van der Waals surface area contributed by atoms with Crippen LogP contribution in [0.5, 0.6) is 0 Å². The summed E-state index contributed by atoms with van der Waals surface area (Å²) in [5.74, 6) is 0.202. The molecule has 3 aromatic rings. The summed E-state index contributed by atoms with van der Waals surface area (Å²) < 4.78 is 4.70. The van der Waals surface area contributed by atoms with E-state index in [4.69, 9.17) is 27.9 Å². The zero-order valence-electron chi connectivity index (χ0n) is 11.0. The summed E-state index contributed by atoms with van der Waals surface area (Å²) in [6.45, 7) is 0. The summed E-state index contributed by atoms with van der Waals surface area (Å²) in [4.78, 5) is 19.1. The van der Waals surface area contributed by atoms with E-state index in [9.17, 15) is 4.79 Å². The minimum Gasteiger partial charge on any atom is -0.465 e. The Bertz CT molecular complexity index is 843. The molecule has 2 aromatic carbocycles. The van der Waals surface area contributed by atoms with E-state index >= 15 is 0 Å². The number of methoxy groups -OCH3 is 1. The van der Waals surface area contributed by atoms with Gasteiger partial charge in [0.2, 0.25) is 0 Å². The van der Waals surface area contributed by atoms with Crippen LogP contribution in [-0.2, 0) is 4.74 Å². The molecule has 0 spiro atoms. The molecular weight excluding hydrogens is 311 g/mol. The third-order valence-corrected chi connectivity index (χ3v) is 3.65. The number of imidazole rings is 1. The van der Waals surface area contributed by atoms with Crippen molar-refractivity contribution in [1.82, 2.24) is 9.97 Å². The number of esters is 1. The number of halogens is 2. The van der Waals surface area contributed by atoms with Crippen molar-refractivity contribution in [3.8, 4) is 11.4 Å². The fourth-order valence-electron chi connectivity index (χ4n) is 2.06.